The van der Waals surface area contributed by atoms with E-state index in [0.29, 0.717) is 0 Å². The number of rotatable bonds is 2. The van der Waals surface area contributed by atoms with Crippen LogP contribution in [0.5, 0.6) is 0 Å². The summed E-state index contributed by atoms with van der Waals surface area (Å²) in [5.41, 5.74) is 0. The maximum Gasteiger partial charge on any atom is -0.0355 e. The lowest BCUT2D eigenvalue weighted by Crippen LogP contribution is -2.40. The summed E-state index contributed by atoms with van der Waals surface area (Å²) in [6, 6.07) is 0. The van der Waals surface area contributed by atoms with E-state index in [-0.39, 0.29) is 0 Å². The van der Waals surface area contributed by atoms with Crippen molar-refractivity contribution in [1.82, 2.24) is 0 Å². The second-order valence-electron chi connectivity index (χ2n) is 7.60. The molecule has 0 N–H and O–H groups in total. The van der Waals surface area contributed by atoms with Gasteiger partial charge in [0.25, 0.3) is 0 Å². The van der Waals surface area contributed by atoms with Crippen molar-refractivity contribution in [3.63, 3.8) is 0 Å². The van der Waals surface area contributed by atoms with Crippen LogP contribution in [-0.2, 0) is 0 Å². The Labute approximate surface area is 114 Å². The predicted octanol–water partition coefficient (Wildman–Crippen LogP) is 5.67. The van der Waals surface area contributed by atoms with E-state index in [4.69, 9.17) is 0 Å². The SMILES string of the molecule is CCC1CCC2CC3CCCC(CC)C3CC2C1. The Morgan fingerprint density at radius 3 is 2.39 bits per heavy atom. The highest BCUT2D eigenvalue weighted by Crippen LogP contribution is 2.53. The lowest BCUT2D eigenvalue weighted by Gasteiger charge is -2.50. The van der Waals surface area contributed by atoms with Crippen molar-refractivity contribution >= 4 is 0 Å². The van der Waals surface area contributed by atoms with Crippen LogP contribution >= 0.6 is 0 Å². The standard InChI is InChI=1S/C18H32/c1-3-13-8-9-15-11-16-7-5-6-14(4-2)18(16)12-17(15)10-13/h13-18H,3-12H2,1-2H3. The second-order valence-corrected chi connectivity index (χ2v) is 7.60. The van der Waals surface area contributed by atoms with Gasteiger partial charge in [-0.2, -0.15) is 0 Å². The molecule has 3 aliphatic carbocycles. The average Bonchev–Trinajstić information content (AvgIpc) is 2.43. The summed E-state index contributed by atoms with van der Waals surface area (Å²) in [4.78, 5) is 0. The predicted molar refractivity (Wildman–Crippen MR) is 78.5 cm³/mol. The van der Waals surface area contributed by atoms with Crippen LogP contribution in [0.1, 0.15) is 78.1 Å². The summed E-state index contributed by atoms with van der Waals surface area (Å²) in [6.45, 7) is 4.85. The summed E-state index contributed by atoms with van der Waals surface area (Å²) in [6.07, 6.45) is 15.5. The summed E-state index contributed by atoms with van der Waals surface area (Å²) in [5.74, 6) is 6.67. The summed E-state index contributed by atoms with van der Waals surface area (Å²) < 4.78 is 0. The van der Waals surface area contributed by atoms with Crippen molar-refractivity contribution in [2.45, 2.75) is 78.1 Å². The number of fused-ring (bicyclic) bond motifs is 2. The Morgan fingerprint density at radius 1 is 0.722 bits per heavy atom. The van der Waals surface area contributed by atoms with Crippen LogP contribution in [0.2, 0.25) is 0 Å². The van der Waals surface area contributed by atoms with Crippen LogP contribution in [0, 0.1) is 35.5 Å². The fraction of sp³-hybridized carbons (Fsp3) is 1.00. The Morgan fingerprint density at radius 2 is 1.61 bits per heavy atom. The van der Waals surface area contributed by atoms with E-state index in [1.54, 1.807) is 44.9 Å². The first-order valence-corrected chi connectivity index (χ1v) is 8.81. The molecule has 0 heterocycles. The van der Waals surface area contributed by atoms with Gasteiger partial charge in [-0.15, -0.1) is 0 Å². The Hall–Kier alpha value is 0. The molecule has 104 valence electrons. The van der Waals surface area contributed by atoms with E-state index in [9.17, 15) is 0 Å². The Bertz CT molecular complexity index is 269. The van der Waals surface area contributed by atoms with Gasteiger partial charge in [-0.25, -0.2) is 0 Å². The van der Waals surface area contributed by atoms with Crippen molar-refractivity contribution in [2.75, 3.05) is 0 Å². The van der Waals surface area contributed by atoms with Crippen LogP contribution in [0.4, 0.5) is 0 Å². The molecule has 3 saturated carbocycles. The highest BCUT2D eigenvalue weighted by Gasteiger charge is 2.43. The van der Waals surface area contributed by atoms with E-state index in [0.717, 1.165) is 35.5 Å². The highest BCUT2D eigenvalue weighted by molar-refractivity contribution is 4.93. The van der Waals surface area contributed by atoms with Crippen LogP contribution in [-0.4, -0.2) is 0 Å². The van der Waals surface area contributed by atoms with Crippen molar-refractivity contribution in [3.05, 3.63) is 0 Å². The summed E-state index contributed by atoms with van der Waals surface area (Å²) in [7, 11) is 0. The van der Waals surface area contributed by atoms with Gasteiger partial charge in [-0.1, -0.05) is 52.4 Å². The van der Waals surface area contributed by atoms with Gasteiger partial charge >= 0.3 is 0 Å². The van der Waals surface area contributed by atoms with Crippen molar-refractivity contribution in [3.8, 4) is 0 Å². The third kappa shape index (κ3) is 2.37. The zero-order valence-electron chi connectivity index (χ0n) is 12.5. The van der Waals surface area contributed by atoms with E-state index in [1.165, 1.54) is 19.3 Å². The molecule has 0 aliphatic heterocycles. The van der Waals surface area contributed by atoms with Gasteiger partial charge in [0.05, 0.1) is 0 Å². The molecule has 0 bridgehead atoms. The molecule has 3 fully saturated rings. The maximum absolute atomic E-state index is 2.44. The smallest absolute Gasteiger partial charge is 0.0355 e. The van der Waals surface area contributed by atoms with Crippen molar-refractivity contribution in [1.29, 1.82) is 0 Å². The van der Waals surface area contributed by atoms with Gasteiger partial charge in [-0.3, -0.25) is 0 Å². The minimum Gasteiger partial charge on any atom is -0.0651 e. The highest BCUT2D eigenvalue weighted by atomic mass is 14.5. The molecular weight excluding hydrogens is 216 g/mol. The first-order valence-electron chi connectivity index (χ1n) is 8.81. The first-order chi connectivity index (χ1) is 8.81. The van der Waals surface area contributed by atoms with E-state index >= 15 is 0 Å². The zero-order chi connectivity index (χ0) is 12.5. The van der Waals surface area contributed by atoms with Crippen LogP contribution in [0.25, 0.3) is 0 Å². The molecule has 0 amide bonds. The molecule has 0 saturated heterocycles. The number of hydrogen-bond acceptors (Lipinski definition) is 0. The van der Waals surface area contributed by atoms with Gasteiger partial charge in [0, 0.05) is 0 Å². The van der Waals surface area contributed by atoms with Gasteiger partial charge in [-0.05, 0) is 61.2 Å². The first kappa shape index (κ1) is 13.0. The lowest BCUT2D eigenvalue weighted by molar-refractivity contribution is 0.00368. The van der Waals surface area contributed by atoms with Gasteiger partial charge in [0.2, 0.25) is 0 Å². The Kier molecular flexibility index (Phi) is 4.01. The van der Waals surface area contributed by atoms with Crippen LogP contribution in [0.3, 0.4) is 0 Å². The van der Waals surface area contributed by atoms with E-state index < -0.39 is 0 Å². The maximum atomic E-state index is 2.44. The fourth-order valence-electron chi connectivity index (χ4n) is 5.77. The molecule has 3 rings (SSSR count). The number of hydrogen-bond donors (Lipinski definition) is 0. The minimum atomic E-state index is 1.08. The minimum absolute atomic E-state index is 1.08. The zero-order valence-corrected chi connectivity index (χ0v) is 12.5. The quantitative estimate of drug-likeness (QED) is 0.591. The van der Waals surface area contributed by atoms with Crippen LogP contribution < -0.4 is 0 Å². The van der Waals surface area contributed by atoms with Gasteiger partial charge in [0.15, 0.2) is 0 Å². The normalized spacial score (nSPS) is 48.3. The third-order valence-electron chi connectivity index (χ3n) is 6.89. The molecule has 0 aromatic heterocycles. The lowest BCUT2D eigenvalue weighted by atomic mass is 9.55. The summed E-state index contributed by atoms with van der Waals surface area (Å²) in [5, 5.41) is 0. The molecule has 0 aromatic carbocycles. The van der Waals surface area contributed by atoms with Gasteiger partial charge < -0.3 is 0 Å². The molecule has 0 heteroatoms. The Balaban J connectivity index is 1.68. The third-order valence-corrected chi connectivity index (χ3v) is 6.89. The molecule has 6 atom stereocenters. The van der Waals surface area contributed by atoms with E-state index in [1.807, 2.05) is 0 Å². The molecule has 0 radical (unpaired) electrons. The molecular formula is C18H32. The van der Waals surface area contributed by atoms with Crippen molar-refractivity contribution < 1.29 is 0 Å². The van der Waals surface area contributed by atoms with Crippen LogP contribution in [0.15, 0.2) is 0 Å². The molecule has 18 heavy (non-hydrogen) atoms. The average molecular weight is 248 g/mol. The second kappa shape index (κ2) is 5.55. The van der Waals surface area contributed by atoms with E-state index in [2.05, 4.69) is 13.8 Å². The molecule has 6 unspecified atom stereocenters. The summed E-state index contributed by atoms with van der Waals surface area (Å²) >= 11 is 0. The van der Waals surface area contributed by atoms with Crippen molar-refractivity contribution in [2.24, 2.45) is 35.5 Å². The fourth-order valence-corrected chi connectivity index (χ4v) is 5.77. The van der Waals surface area contributed by atoms with Gasteiger partial charge in [0.1, 0.15) is 0 Å². The molecule has 0 spiro atoms. The molecule has 3 aliphatic rings. The topological polar surface area (TPSA) is 0 Å². The monoisotopic (exact) mass is 248 g/mol. The molecule has 0 nitrogen and oxygen atoms in total. The molecule has 0 aromatic rings. The largest absolute Gasteiger partial charge is 0.0651 e.